The minimum Gasteiger partial charge on any atom is -0.359 e. The molecule has 0 unspecified atom stereocenters. The third-order valence-corrected chi connectivity index (χ3v) is 3.31. The summed E-state index contributed by atoms with van der Waals surface area (Å²) in [5.41, 5.74) is 1.41. The smallest absolute Gasteiger partial charge is 0.334 e. The van der Waals surface area contributed by atoms with Crippen LogP contribution in [0.3, 0.4) is 0 Å². The molecule has 3 rings (SSSR count). The van der Waals surface area contributed by atoms with Gasteiger partial charge in [0.1, 0.15) is 0 Å². The van der Waals surface area contributed by atoms with E-state index in [2.05, 4.69) is 5.16 Å². The minimum atomic E-state index is -0.852. The van der Waals surface area contributed by atoms with Crippen molar-refractivity contribution in [1.29, 1.82) is 0 Å². The van der Waals surface area contributed by atoms with E-state index in [1.165, 1.54) is 0 Å². The average Bonchev–Trinajstić information content (AvgIpc) is 3.01. The third-order valence-electron chi connectivity index (χ3n) is 3.31. The molecule has 4 amide bonds. The quantitative estimate of drug-likeness (QED) is 0.630. The van der Waals surface area contributed by atoms with Crippen molar-refractivity contribution >= 4 is 17.8 Å². The summed E-state index contributed by atoms with van der Waals surface area (Å²) in [5, 5.41) is 3.69. The molecule has 0 saturated carbocycles. The first kappa shape index (κ1) is 14.0. The van der Waals surface area contributed by atoms with Gasteiger partial charge in [-0.2, -0.15) is 0 Å². The molecule has 0 spiro atoms. The largest absolute Gasteiger partial charge is 0.359 e. The molecular weight excluding hydrogens is 286 g/mol. The molecule has 7 heteroatoms. The first-order chi connectivity index (χ1) is 10.6. The lowest BCUT2D eigenvalue weighted by atomic mass is 10.2. The maximum Gasteiger partial charge on any atom is 0.334 e. The number of hydrogen-bond donors (Lipinski definition) is 0. The fraction of sp³-hybridized carbons (Fsp3) is 0.200. The van der Waals surface area contributed by atoms with Gasteiger partial charge in [0.15, 0.2) is 5.76 Å². The highest BCUT2D eigenvalue weighted by atomic mass is 16.5. The first-order valence-electron chi connectivity index (χ1n) is 6.69. The van der Waals surface area contributed by atoms with Crippen LogP contribution in [0.2, 0.25) is 0 Å². The number of amides is 4. The van der Waals surface area contributed by atoms with Gasteiger partial charge in [-0.25, -0.2) is 9.69 Å². The molecule has 112 valence electrons. The Hall–Kier alpha value is -2.96. The van der Waals surface area contributed by atoms with Crippen molar-refractivity contribution in [2.45, 2.75) is 20.0 Å². The normalized spacial score (nSPS) is 15.0. The van der Waals surface area contributed by atoms with Gasteiger partial charge >= 0.3 is 17.8 Å². The fourth-order valence-corrected chi connectivity index (χ4v) is 2.24. The summed E-state index contributed by atoms with van der Waals surface area (Å²) in [5.74, 6) is -1.33. The van der Waals surface area contributed by atoms with Crippen LogP contribution in [0.15, 0.2) is 40.9 Å². The molecule has 1 aromatic heterocycles. The molecule has 0 atom stereocenters. The lowest BCUT2D eigenvalue weighted by molar-refractivity contribution is -0.143. The molecule has 0 N–H and O–H groups in total. The highest BCUT2D eigenvalue weighted by Gasteiger charge is 2.44. The van der Waals surface area contributed by atoms with Gasteiger partial charge in [0.05, 0.1) is 18.8 Å². The van der Waals surface area contributed by atoms with Crippen molar-refractivity contribution in [3.8, 4) is 0 Å². The maximum atomic E-state index is 12.3. The van der Waals surface area contributed by atoms with Gasteiger partial charge in [-0.3, -0.25) is 14.5 Å². The van der Waals surface area contributed by atoms with E-state index in [0.29, 0.717) is 11.5 Å². The summed E-state index contributed by atoms with van der Waals surface area (Å²) in [6.07, 6.45) is 0. The van der Waals surface area contributed by atoms with Gasteiger partial charge < -0.3 is 4.52 Å². The van der Waals surface area contributed by atoms with Crippen LogP contribution in [0.25, 0.3) is 0 Å². The van der Waals surface area contributed by atoms with Gasteiger partial charge in [0.2, 0.25) is 0 Å². The molecule has 0 bridgehead atoms. The topological polar surface area (TPSA) is 83.7 Å². The molecule has 22 heavy (non-hydrogen) atoms. The number of carbonyl (C=O) groups is 3. The second kappa shape index (κ2) is 5.44. The predicted octanol–water partition coefficient (Wildman–Crippen LogP) is 1.47. The number of aryl methyl sites for hydroxylation is 1. The van der Waals surface area contributed by atoms with Gasteiger partial charge in [-0.05, 0) is 12.5 Å². The Kier molecular flexibility index (Phi) is 3.46. The van der Waals surface area contributed by atoms with Crippen molar-refractivity contribution in [3.05, 3.63) is 53.4 Å². The SMILES string of the molecule is Cc1cc(CN2C(=O)C(=O)N(Cc3ccccc3)C2=O)on1. The highest BCUT2D eigenvalue weighted by Crippen LogP contribution is 2.18. The van der Waals surface area contributed by atoms with Crippen molar-refractivity contribution in [2.75, 3.05) is 0 Å². The van der Waals surface area contributed by atoms with Gasteiger partial charge in [-0.1, -0.05) is 35.5 Å². The second-order valence-electron chi connectivity index (χ2n) is 4.99. The highest BCUT2D eigenvalue weighted by molar-refractivity contribution is 6.44. The van der Waals surface area contributed by atoms with Crippen LogP contribution in [0.5, 0.6) is 0 Å². The lowest BCUT2D eigenvalue weighted by Crippen LogP contribution is -2.32. The number of imide groups is 2. The van der Waals surface area contributed by atoms with Crippen LogP contribution >= 0.6 is 0 Å². The van der Waals surface area contributed by atoms with Gasteiger partial charge in [0.25, 0.3) is 0 Å². The molecular formula is C15H13N3O4. The average molecular weight is 299 g/mol. The van der Waals surface area contributed by atoms with Crippen LogP contribution < -0.4 is 0 Å². The third kappa shape index (κ3) is 2.48. The monoisotopic (exact) mass is 299 g/mol. The number of benzene rings is 1. The van der Waals surface area contributed by atoms with Crippen LogP contribution in [-0.4, -0.2) is 32.8 Å². The molecule has 0 aliphatic carbocycles. The summed E-state index contributed by atoms with van der Waals surface area (Å²) < 4.78 is 4.99. The number of carbonyl (C=O) groups excluding carboxylic acids is 3. The fourth-order valence-electron chi connectivity index (χ4n) is 2.24. The van der Waals surface area contributed by atoms with Crippen LogP contribution in [-0.2, 0) is 22.7 Å². The summed E-state index contributed by atoms with van der Waals surface area (Å²) >= 11 is 0. The Morgan fingerprint density at radius 3 is 2.23 bits per heavy atom. The van der Waals surface area contributed by atoms with E-state index in [9.17, 15) is 14.4 Å². The zero-order valence-corrected chi connectivity index (χ0v) is 11.9. The molecule has 0 radical (unpaired) electrons. The number of rotatable bonds is 4. The molecule has 1 aliphatic heterocycles. The standard InChI is InChI=1S/C15H13N3O4/c1-10-7-12(22-16-10)9-18-14(20)13(19)17(15(18)21)8-11-5-3-2-4-6-11/h2-7H,8-9H2,1H3. The second-order valence-corrected chi connectivity index (χ2v) is 4.99. The molecule has 7 nitrogen and oxygen atoms in total. The molecule has 1 aromatic carbocycles. The number of urea groups is 1. The maximum absolute atomic E-state index is 12.3. The summed E-state index contributed by atoms with van der Waals surface area (Å²) in [6.45, 7) is 1.69. The zero-order chi connectivity index (χ0) is 15.7. The van der Waals surface area contributed by atoms with Crippen LogP contribution in [0.4, 0.5) is 4.79 Å². The Bertz CT molecular complexity index is 738. The van der Waals surface area contributed by atoms with Crippen molar-refractivity contribution in [2.24, 2.45) is 0 Å². The Morgan fingerprint density at radius 2 is 1.64 bits per heavy atom. The number of nitrogens with zero attached hydrogens (tertiary/aromatic N) is 3. The van der Waals surface area contributed by atoms with Gasteiger partial charge in [0, 0.05) is 6.07 Å². The van der Waals surface area contributed by atoms with E-state index in [-0.39, 0.29) is 13.1 Å². The molecule has 1 aliphatic rings. The van der Waals surface area contributed by atoms with Crippen molar-refractivity contribution < 1.29 is 18.9 Å². The van der Waals surface area contributed by atoms with E-state index < -0.39 is 17.8 Å². The zero-order valence-electron chi connectivity index (χ0n) is 11.9. The lowest BCUT2D eigenvalue weighted by Gasteiger charge is -2.14. The number of hydrogen-bond acceptors (Lipinski definition) is 5. The molecule has 1 saturated heterocycles. The predicted molar refractivity (Wildman–Crippen MR) is 74.2 cm³/mol. The Labute approximate surface area is 126 Å². The van der Waals surface area contributed by atoms with Crippen LogP contribution in [0.1, 0.15) is 17.0 Å². The molecule has 1 fully saturated rings. The summed E-state index contributed by atoms with van der Waals surface area (Å²) in [4.78, 5) is 38.1. The van der Waals surface area contributed by atoms with E-state index in [1.807, 2.05) is 6.07 Å². The van der Waals surface area contributed by atoms with Crippen molar-refractivity contribution in [3.63, 3.8) is 0 Å². The Morgan fingerprint density at radius 1 is 1.00 bits per heavy atom. The van der Waals surface area contributed by atoms with E-state index in [4.69, 9.17) is 4.52 Å². The van der Waals surface area contributed by atoms with E-state index in [1.54, 1.807) is 37.3 Å². The van der Waals surface area contributed by atoms with E-state index >= 15 is 0 Å². The molecule has 2 heterocycles. The minimum absolute atomic E-state index is 0.0657. The molecule has 2 aromatic rings. The summed E-state index contributed by atoms with van der Waals surface area (Å²) in [6, 6.07) is 9.98. The first-order valence-corrected chi connectivity index (χ1v) is 6.69. The summed E-state index contributed by atoms with van der Waals surface area (Å²) in [7, 11) is 0. The van der Waals surface area contributed by atoms with E-state index in [0.717, 1.165) is 15.4 Å². The Balaban J connectivity index is 1.78. The van der Waals surface area contributed by atoms with Crippen molar-refractivity contribution in [1.82, 2.24) is 15.0 Å². The van der Waals surface area contributed by atoms with Gasteiger partial charge in [-0.15, -0.1) is 0 Å². The number of aromatic nitrogens is 1. The van der Waals surface area contributed by atoms with Crippen LogP contribution in [0, 0.1) is 6.92 Å².